The lowest BCUT2D eigenvalue weighted by Crippen LogP contribution is -2.40. The number of hydrogen-bond donors (Lipinski definition) is 1. The van der Waals surface area contributed by atoms with Crippen molar-refractivity contribution in [1.29, 1.82) is 0 Å². The van der Waals surface area contributed by atoms with E-state index in [0.717, 1.165) is 6.07 Å². The zero-order valence-corrected chi connectivity index (χ0v) is 12.1. The number of carbonyl (C=O) groups is 1. The molecule has 0 unspecified atom stereocenters. The van der Waals surface area contributed by atoms with Crippen molar-refractivity contribution in [2.24, 2.45) is 11.1 Å². The summed E-state index contributed by atoms with van der Waals surface area (Å²) in [6.45, 7) is 4.58. The third-order valence-corrected chi connectivity index (χ3v) is 2.75. The molecule has 0 saturated carbocycles. The van der Waals surface area contributed by atoms with Crippen LogP contribution < -0.4 is 5.73 Å². The summed E-state index contributed by atoms with van der Waals surface area (Å²) in [5.74, 6) is -2.68. The highest BCUT2D eigenvalue weighted by atomic mass is 35.5. The number of amides is 1. The Bertz CT molecular complexity index is 452. The lowest BCUT2D eigenvalue weighted by molar-refractivity contribution is 0.0735. The van der Waals surface area contributed by atoms with Gasteiger partial charge in [-0.25, -0.2) is 8.78 Å². The fraction of sp³-hybridized carbons (Fsp3) is 0.462. The first kappa shape index (κ1) is 17.8. The van der Waals surface area contributed by atoms with Crippen molar-refractivity contribution in [3.8, 4) is 0 Å². The molecule has 1 rings (SSSR count). The Kier molecular flexibility index (Phi) is 6.39. The van der Waals surface area contributed by atoms with Gasteiger partial charge in [0.25, 0.3) is 5.91 Å². The number of rotatable bonds is 4. The van der Waals surface area contributed by atoms with E-state index < -0.39 is 17.5 Å². The summed E-state index contributed by atoms with van der Waals surface area (Å²) in [6.07, 6.45) is 0. The standard InChI is InChI=1S/C13H18F2N2O.ClH/c1-13(2,7-16)8-17(3)12(18)9-5-4-6-10(14)11(9)15;/h4-6H,7-8,16H2,1-3H3;1H. The number of benzene rings is 1. The molecule has 0 radical (unpaired) electrons. The topological polar surface area (TPSA) is 46.3 Å². The Balaban J connectivity index is 0.00000324. The number of carbonyl (C=O) groups excluding carboxylic acids is 1. The molecule has 0 spiro atoms. The van der Waals surface area contributed by atoms with Crippen LogP contribution in [0.5, 0.6) is 0 Å². The summed E-state index contributed by atoms with van der Waals surface area (Å²) in [5, 5.41) is 0. The third-order valence-electron chi connectivity index (χ3n) is 2.75. The first-order valence-corrected chi connectivity index (χ1v) is 5.68. The van der Waals surface area contributed by atoms with E-state index in [9.17, 15) is 13.6 Å². The molecule has 0 aliphatic carbocycles. The predicted molar refractivity (Wildman–Crippen MR) is 73.4 cm³/mol. The molecule has 0 saturated heterocycles. The van der Waals surface area contributed by atoms with Crippen LogP contribution in [0.1, 0.15) is 24.2 Å². The first-order chi connectivity index (χ1) is 8.28. The molecule has 0 heterocycles. The molecule has 6 heteroatoms. The fourth-order valence-electron chi connectivity index (χ4n) is 1.65. The quantitative estimate of drug-likeness (QED) is 0.926. The Hall–Kier alpha value is -1.20. The summed E-state index contributed by atoms with van der Waals surface area (Å²) in [4.78, 5) is 13.3. The van der Waals surface area contributed by atoms with Crippen molar-refractivity contribution in [1.82, 2.24) is 4.90 Å². The van der Waals surface area contributed by atoms with Crippen LogP contribution in [-0.4, -0.2) is 30.9 Å². The van der Waals surface area contributed by atoms with E-state index in [2.05, 4.69) is 0 Å². The summed E-state index contributed by atoms with van der Waals surface area (Å²) >= 11 is 0. The van der Waals surface area contributed by atoms with Gasteiger partial charge in [-0.3, -0.25) is 4.79 Å². The van der Waals surface area contributed by atoms with Gasteiger partial charge in [0, 0.05) is 13.6 Å². The van der Waals surface area contributed by atoms with E-state index in [1.165, 1.54) is 17.0 Å². The minimum atomic E-state index is -1.11. The average molecular weight is 293 g/mol. The monoisotopic (exact) mass is 292 g/mol. The van der Waals surface area contributed by atoms with Crippen molar-refractivity contribution in [2.45, 2.75) is 13.8 Å². The number of nitrogens with two attached hydrogens (primary N) is 1. The van der Waals surface area contributed by atoms with E-state index in [1.54, 1.807) is 7.05 Å². The Morgan fingerprint density at radius 3 is 2.47 bits per heavy atom. The normalized spacial score (nSPS) is 10.8. The molecule has 1 amide bonds. The van der Waals surface area contributed by atoms with Gasteiger partial charge < -0.3 is 10.6 Å². The van der Waals surface area contributed by atoms with Crippen molar-refractivity contribution in [3.63, 3.8) is 0 Å². The molecule has 0 fully saturated rings. The van der Waals surface area contributed by atoms with Crippen molar-refractivity contribution >= 4 is 18.3 Å². The van der Waals surface area contributed by atoms with Crippen LogP contribution in [0, 0.1) is 17.0 Å². The molecule has 2 N–H and O–H groups in total. The van der Waals surface area contributed by atoms with Gasteiger partial charge in [-0.1, -0.05) is 19.9 Å². The predicted octanol–water partition coefficient (Wildman–Crippen LogP) is 2.44. The SMILES string of the molecule is CN(CC(C)(C)CN)C(=O)c1cccc(F)c1F.Cl. The maximum atomic E-state index is 13.5. The van der Waals surface area contributed by atoms with Crippen molar-refractivity contribution in [2.75, 3.05) is 20.1 Å². The smallest absolute Gasteiger partial charge is 0.256 e. The lowest BCUT2D eigenvalue weighted by atomic mass is 9.93. The summed E-state index contributed by atoms with van der Waals surface area (Å²) < 4.78 is 26.5. The molecule has 3 nitrogen and oxygen atoms in total. The van der Waals surface area contributed by atoms with Crippen molar-refractivity contribution < 1.29 is 13.6 Å². The molecule has 0 aliphatic heterocycles. The summed E-state index contributed by atoms with van der Waals surface area (Å²) in [7, 11) is 1.55. The van der Waals surface area contributed by atoms with Gasteiger partial charge in [0.2, 0.25) is 0 Å². The third kappa shape index (κ3) is 4.44. The second-order valence-corrected chi connectivity index (χ2v) is 5.13. The molecule has 108 valence electrons. The van der Waals surface area contributed by atoms with Crippen LogP contribution in [0.4, 0.5) is 8.78 Å². The van der Waals surface area contributed by atoms with Crippen LogP contribution in [0.25, 0.3) is 0 Å². The molecular weight excluding hydrogens is 274 g/mol. The van der Waals surface area contributed by atoms with E-state index in [1.807, 2.05) is 13.8 Å². The van der Waals surface area contributed by atoms with Crippen LogP contribution in [0.2, 0.25) is 0 Å². The van der Waals surface area contributed by atoms with Gasteiger partial charge in [0.05, 0.1) is 5.56 Å². The van der Waals surface area contributed by atoms with Crippen molar-refractivity contribution in [3.05, 3.63) is 35.4 Å². The van der Waals surface area contributed by atoms with Crippen LogP contribution >= 0.6 is 12.4 Å². The Morgan fingerprint density at radius 2 is 1.95 bits per heavy atom. The average Bonchev–Trinajstić information content (AvgIpc) is 2.31. The second-order valence-electron chi connectivity index (χ2n) is 5.13. The van der Waals surface area contributed by atoms with Gasteiger partial charge in [-0.15, -0.1) is 12.4 Å². The first-order valence-electron chi connectivity index (χ1n) is 5.68. The minimum Gasteiger partial charge on any atom is -0.341 e. The summed E-state index contributed by atoms with van der Waals surface area (Å²) in [5.41, 5.74) is 5.05. The van der Waals surface area contributed by atoms with Gasteiger partial charge in [0.1, 0.15) is 0 Å². The van der Waals surface area contributed by atoms with Crippen LogP contribution in [0.15, 0.2) is 18.2 Å². The van der Waals surface area contributed by atoms with Gasteiger partial charge in [0.15, 0.2) is 11.6 Å². The maximum Gasteiger partial charge on any atom is 0.256 e. The highest BCUT2D eigenvalue weighted by molar-refractivity contribution is 5.94. The van der Waals surface area contributed by atoms with E-state index in [0.29, 0.717) is 13.1 Å². The molecule has 0 atom stereocenters. The Labute approximate surface area is 118 Å². The number of nitrogens with zero attached hydrogens (tertiary/aromatic N) is 1. The highest BCUT2D eigenvalue weighted by Gasteiger charge is 2.24. The van der Waals surface area contributed by atoms with Gasteiger partial charge in [-0.2, -0.15) is 0 Å². The second kappa shape index (κ2) is 6.82. The fourth-order valence-corrected chi connectivity index (χ4v) is 1.65. The molecule has 0 aromatic heterocycles. The zero-order chi connectivity index (χ0) is 13.9. The van der Waals surface area contributed by atoms with E-state index >= 15 is 0 Å². The maximum absolute atomic E-state index is 13.5. The molecule has 19 heavy (non-hydrogen) atoms. The molecule has 1 aromatic carbocycles. The molecule has 1 aromatic rings. The highest BCUT2D eigenvalue weighted by Crippen LogP contribution is 2.18. The Morgan fingerprint density at radius 1 is 1.37 bits per heavy atom. The molecule has 0 bridgehead atoms. The minimum absolute atomic E-state index is 0. The van der Waals surface area contributed by atoms with Crippen LogP contribution in [0.3, 0.4) is 0 Å². The van der Waals surface area contributed by atoms with E-state index in [4.69, 9.17) is 5.73 Å². The number of halogens is 3. The lowest BCUT2D eigenvalue weighted by Gasteiger charge is -2.29. The molecular formula is C13H19ClF2N2O. The molecule has 0 aliphatic rings. The van der Waals surface area contributed by atoms with Gasteiger partial charge >= 0.3 is 0 Å². The van der Waals surface area contributed by atoms with E-state index in [-0.39, 0.29) is 23.4 Å². The number of hydrogen-bond acceptors (Lipinski definition) is 2. The van der Waals surface area contributed by atoms with Gasteiger partial charge in [-0.05, 0) is 24.1 Å². The largest absolute Gasteiger partial charge is 0.341 e. The summed E-state index contributed by atoms with van der Waals surface area (Å²) in [6, 6.07) is 3.57. The zero-order valence-electron chi connectivity index (χ0n) is 11.2. The van der Waals surface area contributed by atoms with Crippen LogP contribution in [-0.2, 0) is 0 Å².